The Bertz CT molecular complexity index is 1220. The van der Waals surface area contributed by atoms with Crippen molar-refractivity contribution in [3.8, 4) is 0 Å². The Labute approximate surface area is 223 Å². The van der Waals surface area contributed by atoms with Gasteiger partial charge in [0.05, 0.1) is 28.5 Å². The van der Waals surface area contributed by atoms with Crippen molar-refractivity contribution < 1.29 is 18.9 Å². The van der Waals surface area contributed by atoms with Gasteiger partial charge in [-0.25, -0.2) is 4.85 Å². The summed E-state index contributed by atoms with van der Waals surface area (Å²) in [4.78, 5) is 39.6. The Morgan fingerprint density at radius 2 is 1.76 bits per heavy atom. The second-order valence-corrected chi connectivity index (χ2v) is 15.6. The van der Waals surface area contributed by atoms with Crippen LogP contribution in [0.3, 0.4) is 0 Å². The van der Waals surface area contributed by atoms with Crippen LogP contribution in [0.4, 0.5) is 11.4 Å². The molecule has 0 aliphatic heterocycles. The van der Waals surface area contributed by atoms with Gasteiger partial charge in [0.25, 0.3) is 11.6 Å². The molecule has 2 aromatic rings. The van der Waals surface area contributed by atoms with Crippen LogP contribution in [0.5, 0.6) is 0 Å². The van der Waals surface area contributed by atoms with Crippen LogP contribution in [0, 0.1) is 29.5 Å². The molecule has 0 saturated heterocycles. The lowest BCUT2D eigenvalue weighted by atomic mass is 9.91. The molecule has 0 fully saturated rings. The fourth-order valence-corrected chi connectivity index (χ4v) is 5.14. The molecule has 2 aromatic carbocycles. The zero-order chi connectivity index (χ0) is 28.1. The molecule has 2 atom stereocenters. The van der Waals surface area contributed by atoms with Gasteiger partial charge in [-0.3, -0.25) is 30.6 Å². The lowest BCUT2D eigenvalue weighted by Crippen LogP contribution is -2.51. The number of hydrogen-bond donors (Lipinski definition) is 2. The van der Waals surface area contributed by atoms with E-state index in [4.69, 9.17) is 22.6 Å². The molecular formula is C26H33ClN4O5Si. The molecule has 9 nitrogen and oxygen atoms in total. The van der Waals surface area contributed by atoms with Gasteiger partial charge in [-0.1, -0.05) is 44.5 Å². The van der Waals surface area contributed by atoms with Crippen molar-refractivity contribution in [3.05, 3.63) is 79.6 Å². The normalized spacial score (nSPS) is 13.3. The molecule has 0 aliphatic carbocycles. The van der Waals surface area contributed by atoms with E-state index in [0.29, 0.717) is 16.3 Å². The first-order valence-corrected chi connectivity index (χ1v) is 15.1. The number of carbonyl (C=O) groups excluding carboxylic acids is 2. The summed E-state index contributed by atoms with van der Waals surface area (Å²) in [6.45, 7) is 21.4. The third kappa shape index (κ3) is 7.38. The Morgan fingerprint density at radius 3 is 2.27 bits per heavy atom. The monoisotopic (exact) mass is 544 g/mol. The van der Waals surface area contributed by atoms with E-state index >= 15 is 0 Å². The molecule has 198 valence electrons. The topological polar surface area (TPSA) is 115 Å². The molecule has 0 unspecified atom stereocenters. The van der Waals surface area contributed by atoms with Crippen molar-refractivity contribution in [2.45, 2.75) is 65.3 Å². The van der Waals surface area contributed by atoms with Crippen LogP contribution in [0.25, 0.3) is 4.85 Å². The Morgan fingerprint density at radius 1 is 1.16 bits per heavy atom. The third-order valence-corrected chi connectivity index (χ3v) is 11.9. The van der Waals surface area contributed by atoms with E-state index in [2.05, 4.69) is 49.6 Å². The summed E-state index contributed by atoms with van der Waals surface area (Å²) in [6, 6.07) is 8.46. The molecule has 0 aromatic heterocycles. The van der Waals surface area contributed by atoms with E-state index in [-0.39, 0.29) is 22.7 Å². The second kappa shape index (κ2) is 11.9. The Kier molecular flexibility index (Phi) is 9.60. The van der Waals surface area contributed by atoms with Gasteiger partial charge >= 0.3 is 0 Å². The number of rotatable bonds is 8. The molecule has 37 heavy (non-hydrogen) atoms. The summed E-state index contributed by atoms with van der Waals surface area (Å²) in [5.41, 5.74) is 6.73. The molecule has 0 heterocycles. The minimum atomic E-state index is -2.23. The van der Waals surface area contributed by atoms with Crippen LogP contribution in [0.15, 0.2) is 36.4 Å². The van der Waals surface area contributed by atoms with Crippen LogP contribution in [-0.4, -0.2) is 31.2 Å². The first kappa shape index (κ1) is 30.0. The van der Waals surface area contributed by atoms with E-state index < -0.39 is 37.1 Å². The standard InChI is InChI=1S/C26H33ClN4O5Si/c1-16-19(11-14-22(28-6)23(16)27)15-21(17(2)36-37(7,8)26(3,4)5)25(33)30-29-24(32)18-9-12-20(13-10-18)31(34)35/h9-14,17,21H,15H2,1-5,7-8H3,(H,29,32)(H,30,33)/t17-,21-/m1/s1. The van der Waals surface area contributed by atoms with Gasteiger partial charge in [-0.2, -0.15) is 0 Å². The van der Waals surface area contributed by atoms with Crippen LogP contribution in [0.2, 0.25) is 23.2 Å². The number of hydrogen-bond acceptors (Lipinski definition) is 5. The minimum absolute atomic E-state index is 0.0804. The Hall–Kier alpha value is -3.26. The predicted octanol–water partition coefficient (Wildman–Crippen LogP) is 6.14. The zero-order valence-electron chi connectivity index (χ0n) is 22.1. The smallest absolute Gasteiger partial charge is 0.269 e. The first-order chi connectivity index (χ1) is 17.1. The highest BCUT2D eigenvalue weighted by Crippen LogP contribution is 2.39. The summed E-state index contributed by atoms with van der Waals surface area (Å²) in [5, 5.41) is 11.1. The molecule has 0 saturated carbocycles. The molecule has 0 spiro atoms. The van der Waals surface area contributed by atoms with Crippen molar-refractivity contribution in [2.75, 3.05) is 0 Å². The predicted molar refractivity (Wildman–Crippen MR) is 146 cm³/mol. The number of benzene rings is 2. The number of nitrogens with zero attached hydrogens (tertiary/aromatic N) is 2. The largest absolute Gasteiger partial charge is 0.413 e. The maximum Gasteiger partial charge on any atom is 0.269 e. The second-order valence-electron chi connectivity index (χ2n) is 10.4. The van der Waals surface area contributed by atoms with Gasteiger partial charge in [0.2, 0.25) is 11.6 Å². The van der Waals surface area contributed by atoms with Crippen LogP contribution < -0.4 is 10.9 Å². The summed E-state index contributed by atoms with van der Waals surface area (Å²) < 4.78 is 6.52. The molecular weight excluding hydrogens is 512 g/mol. The molecule has 0 bridgehead atoms. The highest BCUT2D eigenvalue weighted by atomic mass is 35.5. The zero-order valence-corrected chi connectivity index (χ0v) is 23.9. The lowest BCUT2D eigenvalue weighted by Gasteiger charge is -2.40. The average molecular weight is 545 g/mol. The summed E-state index contributed by atoms with van der Waals surface area (Å²) >= 11 is 6.37. The molecule has 2 rings (SSSR count). The summed E-state index contributed by atoms with van der Waals surface area (Å²) in [5.74, 6) is -1.74. The van der Waals surface area contributed by atoms with E-state index in [1.165, 1.54) is 24.3 Å². The van der Waals surface area contributed by atoms with Gasteiger partial charge in [0.1, 0.15) is 0 Å². The van der Waals surface area contributed by atoms with E-state index in [9.17, 15) is 19.7 Å². The lowest BCUT2D eigenvalue weighted by molar-refractivity contribution is -0.384. The van der Waals surface area contributed by atoms with E-state index in [0.717, 1.165) is 5.56 Å². The number of nitrogens with one attached hydrogen (secondary N) is 2. The number of halogens is 1. The quantitative estimate of drug-likeness (QED) is 0.179. The maximum atomic E-state index is 13.4. The maximum absolute atomic E-state index is 13.4. The number of amides is 2. The van der Waals surface area contributed by atoms with E-state index in [1.54, 1.807) is 19.1 Å². The molecule has 11 heteroatoms. The number of non-ortho nitro benzene ring substituents is 1. The van der Waals surface area contributed by atoms with Crippen molar-refractivity contribution in [1.82, 2.24) is 10.9 Å². The summed E-state index contributed by atoms with van der Waals surface area (Å²) in [7, 11) is -2.23. The molecule has 2 amide bonds. The number of nitro benzene ring substituents is 1. The van der Waals surface area contributed by atoms with Crippen molar-refractivity contribution in [1.29, 1.82) is 0 Å². The number of nitro groups is 1. The molecule has 0 radical (unpaired) electrons. The number of hydrazine groups is 1. The van der Waals surface area contributed by atoms with Gasteiger partial charge in [-0.15, -0.1) is 0 Å². The highest BCUT2D eigenvalue weighted by molar-refractivity contribution is 6.74. The van der Waals surface area contributed by atoms with Crippen LogP contribution >= 0.6 is 11.6 Å². The van der Waals surface area contributed by atoms with Crippen LogP contribution in [-0.2, 0) is 15.6 Å². The van der Waals surface area contributed by atoms with Crippen molar-refractivity contribution in [2.24, 2.45) is 5.92 Å². The Balaban J connectivity index is 2.28. The van der Waals surface area contributed by atoms with Crippen molar-refractivity contribution >= 4 is 43.1 Å². The van der Waals surface area contributed by atoms with Gasteiger partial charge in [0.15, 0.2) is 8.32 Å². The van der Waals surface area contributed by atoms with Gasteiger partial charge < -0.3 is 4.43 Å². The fourth-order valence-electron chi connectivity index (χ4n) is 3.47. The highest BCUT2D eigenvalue weighted by Gasteiger charge is 2.41. The first-order valence-electron chi connectivity index (χ1n) is 11.8. The average Bonchev–Trinajstić information content (AvgIpc) is 2.82. The summed E-state index contributed by atoms with van der Waals surface area (Å²) in [6.07, 6.45) is -0.213. The van der Waals surface area contributed by atoms with Crippen LogP contribution in [0.1, 0.15) is 49.2 Å². The van der Waals surface area contributed by atoms with Crippen molar-refractivity contribution in [3.63, 3.8) is 0 Å². The third-order valence-electron chi connectivity index (χ3n) is 6.87. The van der Waals surface area contributed by atoms with E-state index in [1.807, 2.05) is 6.92 Å². The van der Waals surface area contributed by atoms with Gasteiger partial charge in [0, 0.05) is 17.7 Å². The minimum Gasteiger partial charge on any atom is -0.413 e. The van der Waals surface area contributed by atoms with Gasteiger partial charge in [-0.05, 0) is 61.7 Å². The molecule has 2 N–H and O–H groups in total. The number of carbonyl (C=O) groups is 2. The fraction of sp³-hybridized carbons (Fsp3) is 0.423. The molecule has 0 aliphatic rings. The SMILES string of the molecule is [C-]#[N+]c1ccc(C[C@@H](C(=O)NNC(=O)c2ccc([N+](=O)[O-])cc2)[C@@H](C)O[Si](C)(C)C(C)(C)C)c(C)c1Cl.